The first kappa shape index (κ1) is 18.8. The van der Waals surface area contributed by atoms with Crippen molar-refractivity contribution < 1.29 is 14.3 Å². The molecule has 1 fully saturated rings. The SMILES string of the molecule is CCOc1ccccc1C(=O)NCC(=O)N1CCN(c2ccccc2)CC1. The van der Waals surface area contributed by atoms with E-state index in [0.717, 1.165) is 13.1 Å². The second kappa shape index (κ2) is 9.07. The number of benzene rings is 2. The summed E-state index contributed by atoms with van der Waals surface area (Å²) in [5, 5.41) is 2.71. The number of para-hydroxylation sites is 2. The van der Waals surface area contributed by atoms with E-state index in [1.165, 1.54) is 5.69 Å². The molecule has 0 unspecified atom stereocenters. The molecule has 1 aliphatic rings. The number of rotatable bonds is 6. The van der Waals surface area contributed by atoms with Crippen molar-refractivity contribution >= 4 is 17.5 Å². The van der Waals surface area contributed by atoms with Gasteiger partial charge in [0.25, 0.3) is 5.91 Å². The highest BCUT2D eigenvalue weighted by molar-refractivity contribution is 5.98. The van der Waals surface area contributed by atoms with Crippen LogP contribution in [0.4, 0.5) is 5.69 Å². The van der Waals surface area contributed by atoms with Crippen molar-refractivity contribution in [1.82, 2.24) is 10.2 Å². The molecule has 0 aromatic heterocycles. The molecule has 6 heteroatoms. The third kappa shape index (κ3) is 4.78. The molecular weight excluding hydrogens is 342 g/mol. The molecule has 0 atom stereocenters. The number of carbonyl (C=O) groups is 2. The van der Waals surface area contributed by atoms with Crippen LogP contribution in [0, 0.1) is 0 Å². The summed E-state index contributed by atoms with van der Waals surface area (Å²) in [5.41, 5.74) is 1.62. The lowest BCUT2D eigenvalue weighted by Gasteiger charge is -2.36. The fraction of sp³-hybridized carbons (Fsp3) is 0.333. The van der Waals surface area contributed by atoms with Crippen LogP contribution in [-0.4, -0.2) is 56.0 Å². The first-order valence-corrected chi connectivity index (χ1v) is 9.27. The Balaban J connectivity index is 1.50. The van der Waals surface area contributed by atoms with E-state index in [1.807, 2.05) is 31.2 Å². The number of hydrogen-bond acceptors (Lipinski definition) is 4. The highest BCUT2D eigenvalue weighted by atomic mass is 16.5. The second-order valence-corrected chi connectivity index (χ2v) is 6.32. The molecule has 3 rings (SSSR count). The molecule has 2 aromatic rings. The van der Waals surface area contributed by atoms with Gasteiger partial charge < -0.3 is 19.9 Å². The predicted molar refractivity (Wildman–Crippen MR) is 105 cm³/mol. The molecule has 0 spiro atoms. The predicted octanol–water partition coefficient (Wildman–Crippen LogP) is 2.16. The van der Waals surface area contributed by atoms with E-state index >= 15 is 0 Å². The Hall–Kier alpha value is -3.02. The van der Waals surface area contributed by atoms with Crippen LogP contribution in [0.5, 0.6) is 5.75 Å². The van der Waals surface area contributed by atoms with Crippen LogP contribution < -0.4 is 15.0 Å². The van der Waals surface area contributed by atoms with Crippen LogP contribution in [0.1, 0.15) is 17.3 Å². The number of anilines is 1. The Kier molecular flexibility index (Phi) is 6.30. The molecule has 2 amide bonds. The van der Waals surface area contributed by atoms with E-state index in [1.54, 1.807) is 23.1 Å². The summed E-state index contributed by atoms with van der Waals surface area (Å²) < 4.78 is 5.47. The topological polar surface area (TPSA) is 61.9 Å². The Morgan fingerprint density at radius 3 is 2.33 bits per heavy atom. The molecule has 2 aromatic carbocycles. The monoisotopic (exact) mass is 367 g/mol. The fourth-order valence-electron chi connectivity index (χ4n) is 3.15. The maximum atomic E-state index is 12.4. The molecule has 0 radical (unpaired) electrons. The summed E-state index contributed by atoms with van der Waals surface area (Å²) in [4.78, 5) is 28.9. The quantitative estimate of drug-likeness (QED) is 0.850. The molecule has 0 aliphatic carbocycles. The van der Waals surface area contributed by atoms with E-state index in [9.17, 15) is 9.59 Å². The van der Waals surface area contributed by atoms with Gasteiger partial charge in [-0.2, -0.15) is 0 Å². The molecule has 0 bridgehead atoms. The highest BCUT2D eigenvalue weighted by Gasteiger charge is 2.22. The lowest BCUT2D eigenvalue weighted by atomic mass is 10.2. The van der Waals surface area contributed by atoms with Crippen molar-refractivity contribution in [1.29, 1.82) is 0 Å². The first-order valence-electron chi connectivity index (χ1n) is 9.27. The van der Waals surface area contributed by atoms with Crippen molar-refractivity contribution in [2.45, 2.75) is 6.92 Å². The highest BCUT2D eigenvalue weighted by Crippen LogP contribution is 2.18. The van der Waals surface area contributed by atoms with Crippen molar-refractivity contribution in [3.8, 4) is 5.75 Å². The van der Waals surface area contributed by atoms with Crippen LogP contribution in [0.15, 0.2) is 54.6 Å². The molecule has 1 saturated heterocycles. The van der Waals surface area contributed by atoms with E-state index < -0.39 is 0 Å². The van der Waals surface area contributed by atoms with Crippen LogP contribution in [0.2, 0.25) is 0 Å². The molecule has 1 N–H and O–H groups in total. The largest absolute Gasteiger partial charge is 0.493 e. The first-order chi connectivity index (χ1) is 13.2. The van der Waals surface area contributed by atoms with Gasteiger partial charge in [0.2, 0.25) is 5.91 Å². The van der Waals surface area contributed by atoms with E-state index in [0.29, 0.717) is 31.0 Å². The van der Waals surface area contributed by atoms with Crippen molar-refractivity contribution in [2.24, 2.45) is 0 Å². The summed E-state index contributed by atoms with van der Waals surface area (Å²) in [7, 11) is 0. The lowest BCUT2D eigenvalue weighted by molar-refractivity contribution is -0.130. The lowest BCUT2D eigenvalue weighted by Crippen LogP contribution is -2.51. The minimum absolute atomic E-state index is 0.00930. The minimum atomic E-state index is -0.296. The summed E-state index contributed by atoms with van der Waals surface area (Å²) >= 11 is 0. The van der Waals surface area contributed by atoms with E-state index in [2.05, 4.69) is 22.3 Å². The van der Waals surface area contributed by atoms with Gasteiger partial charge >= 0.3 is 0 Å². The van der Waals surface area contributed by atoms with Crippen molar-refractivity contribution in [3.05, 3.63) is 60.2 Å². The average molecular weight is 367 g/mol. The van der Waals surface area contributed by atoms with Gasteiger partial charge in [-0.25, -0.2) is 0 Å². The third-order valence-corrected chi connectivity index (χ3v) is 4.59. The van der Waals surface area contributed by atoms with Gasteiger partial charge in [-0.3, -0.25) is 9.59 Å². The van der Waals surface area contributed by atoms with E-state index in [4.69, 9.17) is 4.74 Å². The Morgan fingerprint density at radius 1 is 0.963 bits per heavy atom. The smallest absolute Gasteiger partial charge is 0.255 e. The van der Waals surface area contributed by atoms with Crippen LogP contribution >= 0.6 is 0 Å². The molecule has 27 heavy (non-hydrogen) atoms. The van der Waals surface area contributed by atoms with Gasteiger partial charge in [0.05, 0.1) is 18.7 Å². The Labute approximate surface area is 159 Å². The van der Waals surface area contributed by atoms with Gasteiger partial charge in [0.15, 0.2) is 0 Å². The van der Waals surface area contributed by atoms with Gasteiger partial charge in [0, 0.05) is 31.9 Å². The normalized spacial score (nSPS) is 14.0. The van der Waals surface area contributed by atoms with Crippen molar-refractivity contribution in [3.63, 3.8) is 0 Å². The number of ether oxygens (including phenoxy) is 1. The van der Waals surface area contributed by atoms with Gasteiger partial charge in [-0.15, -0.1) is 0 Å². The van der Waals surface area contributed by atoms with Gasteiger partial charge in [-0.1, -0.05) is 30.3 Å². The maximum absolute atomic E-state index is 12.4. The van der Waals surface area contributed by atoms with Gasteiger partial charge in [0.1, 0.15) is 5.75 Å². The number of piperazine rings is 1. The standard InChI is InChI=1S/C21H25N3O3/c1-2-27-19-11-7-6-10-18(19)21(26)22-16-20(25)24-14-12-23(13-15-24)17-8-4-3-5-9-17/h3-11H,2,12-16H2,1H3,(H,22,26). The van der Waals surface area contributed by atoms with Gasteiger partial charge in [-0.05, 0) is 31.2 Å². The molecule has 0 saturated carbocycles. The number of hydrogen-bond donors (Lipinski definition) is 1. The molecule has 142 valence electrons. The summed E-state index contributed by atoms with van der Waals surface area (Å²) in [5.74, 6) is 0.168. The zero-order chi connectivity index (χ0) is 19.1. The molecular formula is C21H25N3O3. The minimum Gasteiger partial charge on any atom is -0.493 e. The van der Waals surface area contributed by atoms with Crippen molar-refractivity contribution in [2.75, 3.05) is 44.2 Å². The molecule has 6 nitrogen and oxygen atoms in total. The number of nitrogens with zero attached hydrogens (tertiary/aromatic N) is 2. The number of nitrogens with one attached hydrogen (secondary N) is 1. The molecule has 1 aliphatic heterocycles. The third-order valence-electron chi connectivity index (χ3n) is 4.59. The maximum Gasteiger partial charge on any atom is 0.255 e. The molecule has 1 heterocycles. The van der Waals surface area contributed by atoms with E-state index in [-0.39, 0.29) is 18.4 Å². The zero-order valence-electron chi connectivity index (χ0n) is 15.6. The Morgan fingerprint density at radius 2 is 1.63 bits per heavy atom. The summed E-state index contributed by atoms with van der Waals surface area (Å²) in [6, 6.07) is 17.2. The Bertz CT molecular complexity index is 771. The summed E-state index contributed by atoms with van der Waals surface area (Å²) in [6.45, 7) is 5.22. The van der Waals surface area contributed by atoms with Crippen LogP contribution in [0.3, 0.4) is 0 Å². The fourth-order valence-corrected chi connectivity index (χ4v) is 3.15. The zero-order valence-corrected chi connectivity index (χ0v) is 15.6. The number of carbonyl (C=O) groups excluding carboxylic acids is 2. The summed E-state index contributed by atoms with van der Waals surface area (Å²) in [6.07, 6.45) is 0. The average Bonchev–Trinajstić information content (AvgIpc) is 2.73. The van der Waals surface area contributed by atoms with Crippen LogP contribution in [-0.2, 0) is 4.79 Å². The van der Waals surface area contributed by atoms with Crippen LogP contribution in [0.25, 0.3) is 0 Å². The number of amides is 2. The second-order valence-electron chi connectivity index (χ2n) is 6.32.